The summed E-state index contributed by atoms with van der Waals surface area (Å²) in [6.07, 6.45) is 1.12. The van der Waals surface area contributed by atoms with Crippen LogP contribution in [0.25, 0.3) is 0 Å². The zero-order valence-corrected chi connectivity index (χ0v) is 12.2. The summed E-state index contributed by atoms with van der Waals surface area (Å²) in [6, 6.07) is 3.40. The van der Waals surface area contributed by atoms with Gasteiger partial charge >= 0.3 is 6.18 Å². The maximum atomic E-state index is 12.8. The first-order valence-electron chi connectivity index (χ1n) is 6.77. The maximum absolute atomic E-state index is 12.8. The number of nitrogens with zero attached hydrogens (tertiary/aromatic N) is 1. The maximum Gasteiger partial charge on any atom is 0.416 e. The van der Waals surface area contributed by atoms with Crippen molar-refractivity contribution >= 4 is 17.6 Å². The predicted octanol–water partition coefficient (Wildman–Crippen LogP) is 4.22. The van der Waals surface area contributed by atoms with Gasteiger partial charge < -0.3 is 10.9 Å². The monoisotopic (exact) mass is 318 g/mol. The van der Waals surface area contributed by atoms with Crippen molar-refractivity contribution in [2.24, 2.45) is 10.9 Å². The molecule has 1 aromatic carbocycles. The molecule has 1 aromatic rings. The van der Waals surface area contributed by atoms with Gasteiger partial charge in [0.05, 0.1) is 5.56 Å². The molecule has 0 aliphatic heterocycles. The molecule has 116 valence electrons. The highest BCUT2D eigenvalue weighted by molar-refractivity contribution is 8.00. The molecule has 0 bridgehead atoms. The Balaban J connectivity index is 2.31. The van der Waals surface area contributed by atoms with Crippen LogP contribution in [0.3, 0.4) is 0 Å². The lowest BCUT2D eigenvalue weighted by molar-refractivity contribution is -0.137. The van der Waals surface area contributed by atoms with Gasteiger partial charge in [0, 0.05) is 15.7 Å². The first-order chi connectivity index (χ1) is 9.91. The lowest BCUT2D eigenvalue weighted by atomic mass is 10.0. The van der Waals surface area contributed by atoms with Crippen molar-refractivity contribution in [3.05, 3.63) is 29.3 Å². The minimum atomic E-state index is -4.45. The summed E-state index contributed by atoms with van der Waals surface area (Å²) in [6.45, 7) is 0. The van der Waals surface area contributed by atoms with Gasteiger partial charge in [-0.2, -0.15) is 13.2 Å². The van der Waals surface area contributed by atoms with E-state index in [2.05, 4.69) is 5.16 Å². The van der Waals surface area contributed by atoms with E-state index in [0.29, 0.717) is 10.1 Å². The molecular formula is C14H17F3N2OS. The number of rotatable bonds is 3. The van der Waals surface area contributed by atoms with E-state index in [4.69, 9.17) is 10.9 Å². The van der Waals surface area contributed by atoms with E-state index in [1.807, 2.05) is 0 Å². The molecule has 0 heterocycles. The molecule has 0 aromatic heterocycles. The van der Waals surface area contributed by atoms with Gasteiger partial charge in [-0.05, 0) is 31.0 Å². The quantitative estimate of drug-likeness (QED) is 0.379. The molecule has 0 saturated heterocycles. The number of hydrogen-bond acceptors (Lipinski definition) is 3. The van der Waals surface area contributed by atoms with Crippen molar-refractivity contribution < 1.29 is 18.4 Å². The van der Waals surface area contributed by atoms with Gasteiger partial charge in [0.2, 0.25) is 0 Å². The highest BCUT2D eigenvalue weighted by Crippen LogP contribution is 2.38. The summed E-state index contributed by atoms with van der Waals surface area (Å²) in [4.78, 5) is 0.630. The van der Waals surface area contributed by atoms with Crippen LogP contribution < -0.4 is 5.73 Å². The Morgan fingerprint density at radius 1 is 1.24 bits per heavy atom. The first kappa shape index (κ1) is 16.0. The van der Waals surface area contributed by atoms with Crippen molar-refractivity contribution in [2.45, 2.75) is 48.4 Å². The van der Waals surface area contributed by atoms with Crippen molar-refractivity contribution in [1.29, 1.82) is 0 Å². The highest BCUT2D eigenvalue weighted by atomic mass is 32.2. The van der Waals surface area contributed by atoms with Crippen LogP contribution in [-0.4, -0.2) is 16.3 Å². The number of oxime groups is 1. The molecule has 1 aliphatic carbocycles. The fourth-order valence-corrected chi connectivity index (χ4v) is 3.79. The second kappa shape index (κ2) is 6.60. The Kier molecular flexibility index (Phi) is 5.03. The topological polar surface area (TPSA) is 58.6 Å². The predicted molar refractivity (Wildman–Crippen MR) is 76.7 cm³/mol. The zero-order chi connectivity index (χ0) is 15.5. The van der Waals surface area contributed by atoms with Crippen LogP contribution in [-0.2, 0) is 6.18 Å². The molecular weight excluding hydrogens is 301 g/mol. The average molecular weight is 318 g/mol. The minimum absolute atomic E-state index is 0.142. The summed E-state index contributed by atoms with van der Waals surface area (Å²) < 4.78 is 38.3. The summed E-state index contributed by atoms with van der Waals surface area (Å²) in [5.41, 5.74) is 4.88. The normalized spacial score (nSPS) is 18.0. The van der Waals surface area contributed by atoms with Crippen LogP contribution in [0.5, 0.6) is 0 Å². The van der Waals surface area contributed by atoms with E-state index in [1.54, 1.807) is 0 Å². The van der Waals surface area contributed by atoms with Gasteiger partial charge in [0.1, 0.15) is 0 Å². The summed E-state index contributed by atoms with van der Waals surface area (Å²) in [5.74, 6) is -0.292. The van der Waals surface area contributed by atoms with E-state index < -0.39 is 11.7 Å². The van der Waals surface area contributed by atoms with Crippen molar-refractivity contribution in [3.63, 3.8) is 0 Å². The second-order valence-corrected chi connectivity index (χ2v) is 6.41. The number of hydrogen-bond donors (Lipinski definition) is 2. The summed E-state index contributed by atoms with van der Waals surface area (Å²) in [5, 5.41) is 12.0. The SMILES string of the molecule is N/C(=N\O)c1cc(C(F)(F)F)ccc1SC1CCCCC1. The lowest BCUT2D eigenvalue weighted by Gasteiger charge is -2.22. The first-order valence-corrected chi connectivity index (χ1v) is 7.65. The van der Waals surface area contributed by atoms with Crippen molar-refractivity contribution in [3.8, 4) is 0 Å². The zero-order valence-electron chi connectivity index (χ0n) is 11.4. The Morgan fingerprint density at radius 2 is 1.90 bits per heavy atom. The third-order valence-electron chi connectivity index (χ3n) is 3.54. The Bertz CT molecular complexity index is 525. The number of benzene rings is 1. The molecule has 7 heteroatoms. The Hall–Kier alpha value is -1.37. The summed E-state index contributed by atoms with van der Waals surface area (Å²) in [7, 11) is 0. The number of nitrogens with two attached hydrogens (primary N) is 1. The third kappa shape index (κ3) is 4.06. The molecule has 3 nitrogen and oxygen atoms in total. The highest BCUT2D eigenvalue weighted by Gasteiger charge is 2.31. The molecule has 0 spiro atoms. The number of halogens is 3. The molecule has 1 fully saturated rings. The van der Waals surface area contributed by atoms with Crippen LogP contribution in [0.2, 0.25) is 0 Å². The molecule has 1 saturated carbocycles. The minimum Gasteiger partial charge on any atom is -0.409 e. The van der Waals surface area contributed by atoms with Crippen molar-refractivity contribution in [2.75, 3.05) is 0 Å². The molecule has 21 heavy (non-hydrogen) atoms. The molecule has 2 rings (SSSR count). The third-order valence-corrected chi connectivity index (χ3v) is 4.95. The molecule has 0 unspecified atom stereocenters. The number of amidine groups is 1. The van der Waals surface area contributed by atoms with Gasteiger partial charge in [-0.3, -0.25) is 0 Å². The van der Waals surface area contributed by atoms with E-state index in [0.717, 1.165) is 37.8 Å². The van der Waals surface area contributed by atoms with Crippen LogP contribution in [0.4, 0.5) is 13.2 Å². The van der Waals surface area contributed by atoms with Gasteiger partial charge in [-0.15, -0.1) is 11.8 Å². The van der Waals surface area contributed by atoms with Crippen LogP contribution in [0.1, 0.15) is 43.2 Å². The smallest absolute Gasteiger partial charge is 0.409 e. The average Bonchev–Trinajstić information content (AvgIpc) is 2.47. The van der Waals surface area contributed by atoms with Gasteiger partial charge in [-0.25, -0.2) is 0 Å². The van der Waals surface area contributed by atoms with Gasteiger partial charge in [0.15, 0.2) is 5.84 Å². The Morgan fingerprint density at radius 3 is 2.48 bits per heavy atom. The van der Waals surface area contributed by atoms with E-state index in [9.17, 15) is 13.2 Å². The van der Waals surface area contributed by atoms with E-state index in [1.165, 1.54) is 24.2 Å². The molecule has 1 aliphatic rings. The second-order valence-electron chi connectivity index (χ2n) is 5.07. The largest absolute Gasteiger partial charge is 0.416 e. The van der Waals surface area contributed by atoms with Gasteiger partial charge in [0.25, 0.3) is 0 Å². The van der Waals surface area contributed by atoms with Crippen LogP contribution >= 0.6 is 11.8 Å². The van der Waals surface area contributed by atoms with Gasteiger partial charge in [-0.1, -0.05) is 24.4 Å². The molecule has 0 radical (unpaired) electrons. The fourth-order valence-electron chi connectivity index (χ4n) is 2.43. The van der Waals surface area contributed by atoms with E-state index >= 15 is 0 Å². The number of thioether (sulfide) groups is 1. The van der Waals surface area contributed by atoms with E-state index in [-0.39, 0.29) is 11.4 Å². The molecule has 0 atom stereocenters. The Labute approximate surface area is 125 Å². The van der Waals surface area contributed by atoms with Crippen molar-refractivity contribution in [1.82, 2.24) is 0 Å². The fraction of sp³-hybridized carbons (Fsp3) is 0.500. The standard InChI is InChI=1S/C14H17F3N2OS/c15-14(16,17)9-6-7-12(11(8-9)13(18)19-20)21-10-4-2-1-3-5-10/h6-8,10,20H,1-5H2,(H2,18,19). The molecule has 3 N–H and O–H groups in total. The molecule has 0 amide bonds. The van der Waals surface area contributed by atoms with Crippen LogP contribution in [0.15, 0.2) is 28.3 Å². The lowest BCUT2D eigenvalue weighted by Crippen LogP contribution is -2.17. The number of alkyl halides is 3. The summed E-state index contributed by atoms with van der Waals surface area (Å²) >= 11 is 1.51. The van der Waals surface area contributed by atoms with Crippen LogP contribution in [0, 0.1) is 0 Å².